The monoisotopic (exact) mass is 370 g/mol. The van der Waals surface area contributed by atoms with Gasteiger partial charge in [0.1, 0.15) is 6.54 Å². The molecule has 0 aromatic heterocycles. The summed E-state index contributed by atoms with van der Waals surface area (Å²) < 4.78 is 0. The second-order valence-electron chi connectivity index (χ2n) is 8.93. The molecule has 4 bridgehead atoms. The van der Waals surface area contributed by atoms with Gasteiger partial charge in [0.25, 0.3) is 0 Å². The van der Waals surface area contributed by atoms with Crippen LogP contribution in [0, 0.1) is 23.2 Å². The van der Waals surface area contributed by atoms with Crippen LogP contribution in [0.3, 0.4) is 0 Å². The molecule has 138 valence electrons. The summed E-state index contributed by atoms with van der Waals surface area (Å²) in [5, 5.41) is 3.20. The first-order valence-corrected chi connectivity index (χ1v) is 10.9. The van der Waals surface area contributed by atoms with Crippen LogP contribution in [-0.2, 0) is 9.59 Å². The number of nitrogens with zero attached hydrogens (tertiary/aromatic N) is 1. The van der Waals surface area contributed by atoms with E-state index >= 15 is 0 Å². The van der Waals surface area contributed by atoms with E-state index in [1.54, 1.807) is 16.7 Å². The van der Waals surface area contributed by atoms with Crippen LogP contribution in [0.4, 0.5) is 5.69 Å². The second-order valence-corrected chi connectivity index (χ2v) is 9.95. The highest BCUT2D eigenvalue weighted by Gasteiger charge is 2.50. The molecule has 0 saturated heterocycles. The number of nitrogens with one attached hydrogen (secondary N) is 1. The van der Waals surface area contributed by atoms with Crippen molar-refractivity contribution in [1.29, 1.82) is 0 Å². The number of carbonyl (C=O) groups is 2. The lowest BCUT2D eigenvalue weighted by molar-refractivity contribution is -0.124. The van der Waals surface area contributed by atoms with Crippen LogP contribution < -0.4 is 10.2 Å². The molecule has 4 fully saturated rings. The lowest BCUT2D eigenvalue weighted by atomic mass is 9.49. The quantitative estimate of drug-likeness (QED) is 0.883. The zero-order valence-electron chi connectivity index (χ0n) is 15.1. The molecule has 1 aliphatic heterocycles. The average Bonchev–Trinajstić information content (AvgIpc) is 2.61. The molecule has 0 radical (unpaired) electrons. The van der Waals surface area contributed by atoms with Crippen molar-refractivity contribution < 1.29 is 9.59 Å². The molecule has 1 N–H and O–H groups in total. The zero-order valence-corrected chi connectivity index (χ0v) is 15.9. The first kappa shape index (κ1) is 16.7. The van der Waals surface area contributed by atoms with Crippen molar-refractivity contribution in [3.8, 4) is 0 Å². The number of hydrogen-bond acceptors (Lipinski definition) is 3. The highest BCUT2D eigenvalue weighted by molar-refractivity contribution is 8.00. The molecule has 0 unspecified atom stereocenters. The number of amides is 2. The number of fused-ring (bicyclic) bond motifs is 1. The van der Waals surface area contributed by atoms with Crippen LogP contribution in [0.5, 0.6) is 0 Å². The van der Waals surface area contributed by atoms with E-state index in [-0.39, 0.29) is 18.4 Å². The van der Waals surface area contributed by atoms with Gasteiger partial charge in [0.05, 0.1) is 11.4 Å². The Hall–Kier alpha value is -1.49. The third kappa shape index (κ3) is 2.94. The van der Waals surface area contributed by atoms with Gasteiger partial charge in [-0.2, -0.15) is 0 Å². The first-order valence-electron chi connectivity index (χ1n) is 9.89. The third-order valence-electron chi connectivity index (χ3n) is 6.94. The highest BCUT2D eigenvalue weighted by atomic mass is 32.2. The Morgan fingerprint density at radius 2 is 1.77 bits per heavy atom. The van der Waals surface area contributed by atoms with E-state index in [0.717, 1.165) is 34.9 Å². The molecule has 1 aromatic carbocycles. The fraction of sp³-hybridized carbons (Fsp3) is 0.619. The van der Waals surface area contributed by atoms with Gasteiger partial charge in [-0.1, -0.05) is 12.1 Å². The predicted octanol–water partition coefficient (Wildman–Crippen LogP) is 3.46. The Bertz CT molecular complexity index is 712. The number of anilines is 1. The van der Waals surface area contributed by atoms with Crippen molar-refractivity contribution in [3.63, 3.8) is 0 Å². The normalized spacial score (nSPS) is 34.7. The third-order valence-corrected chi connectivity index (χ3v) is 7.98. The van der Waals surface area contributed by atoms with E-state index in [4.69, 9.17) is 0 Å². The van der Waals surface area contributed by atoms with Gasteiger partial charge in [0, 0.05) is 11.4 Å². The lowest BCUT2D eigenvalue weighted by Crippen LogP contribution is -2.52. The van der Waals surface area contributed by atoms with Gasteiger partial charge in [-0.05, 0) is 73.8 Å². The maximum Gasteiger partial charge on any atom is 0.240 e. The van der Waals surface area contributed by atoms with E-state index in [1.807, 2.05) is 24.3 Å². The summed E-state index contributed by atoms with van der Waals surface area (Å²) in [6.07, 6.45) is 8.14. The number of para-hydroxylation sites is 1. The van der Waals surface area contributed by atoms with Crippen molar-refractivity contribution in [2.75, 3.05) is 23.7 Å². The molecule has 26 heavy (non-hydrogen) atoms. The van der Waals surface area contributed by atoms with E-state index in [1.165, 1.54) is 38.5 Å². The Balaban J connectivity index is 1.24. The van der Waals surface area contributed by atoms with E-state index in [9.17, 15) is 9.59 Å². The predicted molar refractivity (Wildman–Crippen MR) is 103 cm³/mol. The summed E-state index contributed by atoms with van der Waals surface area (Å²) >= 11 is 1.56. The highest BCUT2D eigenvalue weighted by Crippen LogP contribution is 2.59. The van der Waals surface area contributed by atoms with Gasteiger partial charge in [0.15, 0.2) is 0 Å². The summed E-state index contributed by atoms with van der Waals surface area (Å²) in [7, 11) is 0. The SMILES string of the molecule is O=C(CN1C(=O)CSc2ccccc21)NCC12CC3CC(CC(C3)C1)C2. The number of benzene rings is 1. The van der Waals surface area contributed by atoms with Gasteiger partial charge >= 0.3 is 0 Å². The van der Waals surface area contributed by atoms with Gasteiger partial charge in [-0.25, -0.2) is 0 Å². The Kier molecular flexibility index (Phi) is 4.03. The first-order chi connectivity index (χ1) is 12.6. The standard InChI is InChI=1S/C21H26N2O2S/c24-19(11-23-17-3-1-2-4-18(17)26-12-20(23)25)22-13-21-8-14-5-15(9-21)7-16(6-14)10-21/h1-4,14-16H,5-13H2,(H,22,24). The summed E-state index contributed by atoms with van der Waals surface area (Å²) in [6.45, 7) is 0.941. The minimum atomic E-state index is -0.0178. The molecule has 4 saturated carbocycles. The van der Waals surface area contributed by atoms with Crippen LogP contribution >= 0.6 is 11.8 Å². The van der Waals surface area contributed by atoms with Crippen molar-refractivity contribution in [1.82, 2.24) is 5.32 Å². The molecule has 2 amide bonds. The molecule has 4 nitrogen and oxygen atoms in total. The number of hydrogen-bond donors (Lipinski definition) is 1. The summed E-state index contributed by atoms with van der Waals surface area (Å²) in [5.41, 5.74) is 1.21. The smallest absolute Gasteiger partial charge is 0.240 e. The maximum absolute atomic E-state index is 12.6. The minimum Gasteiger partial charge on any atom is -0.354 e. The van der Waals surface area contributed by atoms with Crippen molar-refractivity contribution in [3.05, 3.63) is 24.3 Å². The van der Waals surface area contributed by atoms with E-state index in [2.05, 4.69) is 5.32 Å². The van der Waals surface area contributed by atoms with Gasteiger partial charge in [-0.15, -0.1) is 11.8 Å². The number of thioether (sulfide) groups is 1. The lowest BCUT2D eigenvalue weighted by Gasteiger charge is -2.56. The Morgan fingerprint density at radius 3 is 2.46 bits per heavy atom. The topological polar surface area (TPSA) is 49.4 Å². The molecule has 5 heteroatoms. The number of carbonyl (C=O) groups excluding carboxylic acids is 2. The van der Waals surface area contributed by atoms with Crippen LogP contribution in [0.15, 0.2) is 29.2 Å². The van der Waals surface area contributed by atoms with Gasteiger partial charge in [-0.3, -0.25) is 9.59 Å². The Labute approximate surface area is 159 Å². The van der Waals surface area contributed by atoms with Crippen LogP contribution in [0.1, 0.15) is 38.5 Å². The van der Waals surface area contributed by atoms with Crippen molar-refractivity contribution in [2.45, 2.75) is 43.4 Å². The maximum atomic E-state index is 12.6. The van der Waals surface area contributed by atoms with Gasteiger partial charge in [0.2, 0.25) is 11.8 Å². The second kappa shape index (κ2) is 6.29. The summed E-state index contributed by atoms with van der Waals surface area (Å²) in [6, 6.07) is 7.86. The summed E-state index contributed by atoms with van der Waals surface area (Å²) in [4.78, 5) is 27.7. The van der Waals surface area contributed by atoms with E-state index < -0.39 is 0 Å². The van der Waals surface area contributed by atoms with Gasteiger partial charge < -0.3 is 10.2 Å². The Morgan fingerprint density at radius 1 is 1.12 bits per heavy atom. The molecule has 1 heterocycles. The molecule has 1 aromatic rings. The fourth-order valence-corrected chi connectivity index (χ4v) is 7.26. The molecular formula is C21H26N2O2S. The molecule has 4 aliphatic carbocycles. The molecule has 5 aliphatic rings. The average molecular weight is 371 g/mol. The van der Waals surface area contributed by atoms with Crippen molar-refractivity contribution >= 4 is 29.3 Å². The number of rotatable bonds is 4. The largest absolute Gasteiger partial charge is 0.354 e. The van der Waals surface area contributed by atoms with E-state index in [0.29, 0.717) is 11.2 Å². The molecule has 6 rings (SSSR count). The van der Waals surface area contributed by atoms with Crippen LogP contribution in [0.25, 0.3) is 0 Å². The fourth-order valence-electron chi connectivity index (χ4n) is 6.32. The zero-order chi connectivity index (χ0) is 17.7. The van der Waals surface area contributed by atoms with Crippen LogP contribution in [-0.4, -0.2) is 30.7 Å². The molecular weight excluding hydrogens is 344 g/mol. The minimum absolute atomic E-state index is 0.0178. The molecule has 0 spiro atoms. The molecule has 0 atom stereocenters. The van der Waals surface area contributed by atoms with Crippen molar-refractivity contribution in [2.24, 2.45) is 23.2 Å². The summed E-state index contributed by atoms with van der Waals surface area (Å²) in [5.74, 6) is 3.11. The van der Waals surface area contributed by atoms with Crippen LogP contribution in [0.2, 0.25) is 0 Å².